The quantitative estimate of drug-likeness (QED) is 0.525. The summed E-state index contributed by atoms with van der Waals surface area (Å²) in [6, 6.07) is 5.46. The Morgan fingerprint density at radius 1 is 1.26 bits per heavy atom. The van der Waals surface area contributed by atoms with Gasteiger partial charge in [0, 0.05) is 11.6 Å². The number of H-pyrrole nitrogens is 1. The average molecular weight is 517 g/mol. The number of nitrogens with one attached hydrogen (secondary N) is 2. The predicted molar refractivity (Wildman–Crippen MR) is 153 cm³/mol. The Kier molecular flexibility index (Phi) is 7.50. The van der Waals surface area contributed by atoms with Gasteiger partial charge in [-0.1, -0.05) is 31.3 Å². The molecule has 2 aromatic heterocycles. The van der Waals surface area contributed by atoms with Gasteiger partial charge in [0.05, 0.1) is 58.9 Å². The highest BCUT2D eigenvalue weighted by atomic mass is 16.5. The van der Waals surface area contributed by atoms with Gasteiger partial charge in [-0.05, 0) is 56.7 Å². The Morgan fingerprint density at radius 2 is 1.95 bits per heavy atom. The Labute approximate surface area is 235 Å². The smallest absolute Gasteiger partial charge is 0.291 e. The predicted octanol–water partition coefficient (Wildman–Crippen LogP) is 3.07. The molecule has 8 radical (unpaired) electrons. The van der Waals surface area contributed by atoms with E-state index < -0.39 is 33.6 Å². The average Bonchev–Trinajstić information content (AvgIpc) is 3.31. The van der Waals surface area contributed by atoms with Crippen molar-refractivity contribution in [3.05, 3.63) is 46.7 Å². The number of allylic oxidation sites excluding steroid dienone is 2. The van der Waals surface area contributed by atoms with Gasteiger partial charge in [0.25, 0.3) is 5.91 Å². The van der Waals surface area contributed by atoms with Crippen LogP contribution < -0.4 is 5.32 Å². The Hall–Kier alpha value is -2.76. The van der Waals surface area contributed by atoms with Crippen LogP contribution >= 0.6 is 0 Å². The molecule has 3 N–H and O–H groups in total. The number of amides is 1. The summed E-state index contributed by atoms with van der Waals surface area (Å²) >= 11 is 0. The second kappa shape index (κ2) is 10.0. The SMILES string of the molecule is [B]C1=C(c2nc(C3CC(C)(C)OC(C)(CO)C3)ccc2NC(=O)c2ncc(C#N)[nH]2)C([B])([B])CC(C)(C)C1[B]. The minimum Gasteiger partial charge on any atom is -0.393 e. The minimum atomic E-state index is -1.39. The molecule has 3 atom stereocenters. The number of hydrogen-bond donors (Lipinski definition) is 3. The molecule has 194 valence electrons. The van der Waals surface area contributed by atoms with Crippen LogP contribution in [0.1, 0.15) is 87.5 Å². The van der Waals surface area contributed by atoms with Crippen molar-refractivity contribution >= 4 is 48.6 Å². The second-order valence-corrected chi connectivity index (χ2v) is 12.4. The van der Waals surface area contributed by atoms with Crippen molar-refractivity contribution in [1.29, 1.82) is 5.26 Å². The summed E-state index contributed by atoms with van der Waals surface area (Å²) in [4.78, 5) is 24.7. The molecule has 0 aromatic carbocycles. The van der Waals surface area contributed by atoms with Crippen LogP contribution in [-0.2, 0) is 4.74 Å². The lowest BCUT2D eigenvalue weighted by Crippen LogP contribution is -2.48. The van der Waals surface area contributed by atoms with Gasteiger partial charge in [0.2, 0.25) is 0 Å². The van der Waals surface area contributed by atoms with E-state index in [0.717, 1.165) is 5.69 Å². The number of aliphatic hydroxyl groups is 1. The number of carbonyl (C=O) groups is 1. The summed E-state index contributed by atoms with van der Waals surface area (Å²) < 4.78 is 6.18. The van der Waals surface area contributed by atoms with Crippen molar-refractivity contribution in [1.82, 2.24) is 15.0 Å². The second-order valence-electron chi connectivity index (χ2n) is 12.4. The monoisotopic (exact) mass is 517 g/mol. The van der Waals surface area contributed by atoms with Gasteiger partial charge in [0.15, 0.2) is 5.82 Å². The van der Waals surface area contributed by atoms with Crippen molar-refractivity contribution in [3.63, 3.8) is 0 Å². The van der Waals surface area contributed by atoms with Gasteiger partial charge >= 0.3 is 0 Å². The molecule has 0 spiro atoms. The van der Waals surface area contributed by atoms with Gasteiger partial charge in [-0.2, -0.15) is 5.26 Å². The molecule has 0 bridgehead atoms. The molecule has 1 fully saturated rings. The number of aliphatic hydroxyl groups excluding tert-OH is 1. The van der Waals surface area contributed by atoms with Gasteiger partial charge in [-0.15, -0.1) is 5.47 Å². The van der Waals surface area contributed by atoms with E-state index in [1.165, 1.54) is 6.20 Å². The van der Waals surface area contributed by atoms with Crippen LogP contribution in [0.2, 0.25) is 11.0 Å². The molecular formula is C27H31B4N5O3. The minimum absolute atomic E-state index is 0.0401. The van der Waals surface area contributed by atoms with Crippen LogP contribution in [0.25, 0.3) is 5.57 Å². The topological polar surface area (TPSA) is 124 Å². The third-order valence-corrected chi connectivity index (χ3v) is 7.68. The summed E-state index contributed by atoms with van der Waals surface area (Å²) in [5.41, 5.74) is 0.433. The van der Waals surface area contributed by atoms with Crippen LogP contribution in [0.5, 0.6) is 0 Å². The van der Waals surface area contributed by atoms with Crippen LogP contribution in [0.3, 0.4) is 0 Å². The molecule has 1 saturated heterocycles. The fourth-order valence-electron chi connectivity index (χ4n) is 6.07. The Morgan fingerprint density at radius 3 is 2.56 bits per heavy atom. The molecule has 0 saturated carbocycles. The molecule has 4 rings (SSSR count). The number of nitriles is 1. The van der Waals surface area contributed by atoms with E-state index in [4.69, 9.17) is 46.4 Å². The molecule has 3 heterocycles. The third kappa shape index (κ3) is 5.76. The van der Waals surface area contributed by atoms with Gasteiger partial charge in [0.1, 0.15) is 19.6 Å². The number of pyridine rings is 1. The number of ether oxygens (including phenoxy) is 1. The lowest BCUT2D eigenvalue weighted by molar-refractivity contribution is -0.187. The number of imidazole rings is 1. The largest absolute Gasteiger partial charge is 0.393 e. The highest BCUT2D eigenvalue weighted by Crippen LogP contribution is 2.58. The maximum atomic E-state index is 13.1. The van der Waals surface area contributed by atoms with Gasteiger partial charge in [-0.3, -0.25) is 9.78 Å². The lowest BCUT2D eigenvalue weighted by atomic mass is 9.37. The van der Waals surface area contributed by atoms with Crippen LogP contribution in [0.15, 0.2) is 23.8 Å². The van der Waals surface area contributed by atoms with Crippen LogP contribution in [-0.4, -0.2) is 75.2 Å². The molecule has 1 aliphatic heterocycles. The van der Waals surface area contributed by atoms with Crippen molar-refractivity contribution in [2.45, 2.75) is 82.0 Å². The Bertz CT molecular complexity index is 1360. The summed E-state index contributed by atoms with van der Waals surface area (Å²) in [5, 5.41) is 20.6. The number of rotatable bonds is 5. The molecule has 1 amide bonds. The standard InChI is InChI=1S/C27H31B4N5O3/c1-24(2)12-27(30,31)18(19(28)21(24)29)20-17(36-23(38)22-33-11-15(10-32)34-22)7-6-16(35-20)14-8-25(3,4)39-26(5,9-14)13-37/h6-7,11,14,21,37H,8-9,12-13H2,1-5H3,(H,33,34)(H,36,38). The first kappa shape index (κ1) is 29.2. The highest BCUT2D eigenvalue weighted by molar-refractivity contribution is 6.49. The first-order valence-electron chi connectivity index (χ1n) is 12.9. The molecule has 3 unspecified atom stereocenters. The molecule has 8 nitrogen and oxygen atoms in total. The summed E-state index contributed by atoms with van der Waals surface area (Å²) in [6.07, 6.45) is 2.79. The maximum absolute atomic E-state index is 13.1. The molecule has 12 heteroatoms. The fourth-order valence-corrected chi connectivity index (χ4v) is 6.07. The molecular weight excluding hydrogens is 486 g/mol. The van der Waals surface area contributed by atoms with E-state index in [9.17, 15) is 9.90 Å². The zero-order valence-corrected chi connectivity index (χ0v) is 23.1. The zero-order valence-electron chi connectivity index (χ0n) is 23.1. The Balaban J connectivity index is 1.85. The first-order valence-corrected chi connectivity index (χ1v) is 12.9. The molecule has 1 aliphatic carbocycles. The van der Waals surface area contributed by atoms with Crippen LogP contribution in [0, 0.1) is 16.7 Å². The lowest BCUT2D eigenvalue weighted by Gasteiger charge is -2.49. The van der Waals surface area contributed by atoms with E-state index in [1.54, 1.807) is 6.07 Å². The van der Waals surface area contributed by atoms with Crippen LogP contribution in [0.4, 0.5) is 5.69 Å². The number of aromatic nitrogens is 3. The maximum Gasteiger partial charge on any atom is 0.291 e. The van der Waals surface area contributed by atoms with Gasteiger partial charge in [-0.25, -0.2) is 4.98 Å². The van der Waals surface area contributed by atoms with E-state index >= 15 is 0 Å². The normalized spacial score (nSPS) is 27.5. The number of hydrogen-bond acceptors (Lipinski definition) is 6. The van der Waals surface area contributed by atoms with E-state index in [0.29, 0.717) is 41.7 Å². The zero-order chi connectivity index (χ0) is 29.0. The van der Waals surface area contributed by atoms with E-state index in [1.807, 2.05) is 46.8 Å². The van der Waals surface area contributed by atoms with Crippen molar-refractivity contribution in [3.8, 4) is 6.07 Å². The summed E-state index contributed by atoms with van der Waals surface area (Å²) in [5.74, 6) is -1.24. The fraction of sp³-hybridized carbons (Fsp3) is 0.556. The third-order valence-electron chi connectivity index (χ3n) is 7.68. The summed E-state index contributed by atoms with van der Waals surface area (Å²) in [7, 11) is 26.5. The highest BCUT2D eigenvalue weighted by Gasteiger charge is 2.45. The first-order chi connectivity index (χ1) is 18.0. The number of nitrogens with zero attached hydrogens (tertiary/aromatic N) is 3. The van der Waals surface area contributed by atoms with E-state index in [2.05, 4.69) is 15.3 Å². The van der Waals surface area contributed by atoms with Crippen molar-refractivity contribution in [2.24, 2.45) is 5.41 Å². The van der Waals surface area contributed by atoms with Gasteiger partial charge < -0.3 is 20.1 Å². The summed E-state index contributed by atoms with van der Waals surface area (Å²) in [6.45, 7) is 9.60. The molecule has 2 aromatic rings. The number of anilines is 1. The van der Waals surface area contributed by atoms with E-state index in [-0.39, 0.29) is 24.0 Å². The number of carbonyl (C=O) groups excluding carboxylic acids is 1. The number of aromatic amines is 1. The molecule has 39 heavy (non-hydrogen) atoms. The van der Waals surface area contributed by atoms with Crippen molar-refractivity contribution in [2.75, 3.05) is 11.9 Å². The van der Waals surface area contributed by atoms with Crippen molar-refractivity contribution < 1.29 is 14.6 Å². The molecule has 2 aliphatic rings.